The molecule has 6 nitrogen and oxygen atoms in total. The molecule has 1 aromatic carbocycles. The Labute approximate surface area is 136 Å². The summed E-state index contributed by atoms with van der Waals surface area (Å²) in [4.78, 5) is 22.4. The summed E-state index contributed by atoms with van der Waals surface area (Å²) in [6.07, 6.45) is 2.87. The molecule has 0 aromatic heterocycles. The second-order valence-corrected chi connectivity index (χ2v) is 7.59. The van der Waals surface area contributed by atoms with Crippen LogP contribution in [0, 0.1) is 0 Å². The lowest BCUT2D eigenvalue weighted by molar-refractivity contribution is -0.118. The van der Waals surface area contributed by atoms with Crippen molar-refractivity contribution in [3.05, 3.63) is 35.4 Å². The number of sulfone groups is 1. The van der Waals surface area contributed by atoms with Crippen LogP contribution < -0.4 is 5.32 Å². The molecular formula is C16H23NO5S. The van der Waals surface area contributed by atoms with Crippen molar-refractivity contribution in [2.75, 3.05) is 18.1 Å². The Morgan fingerprint density at radius 3 is 2.35 bits per heavy atom. The quantitative estimate of drug-likeness (QED) is 0.630. The maximum Gasteiger partial charge on any atom is 0.335 e. The van der Waals surface area contributed by atoms with E-state index in [1.807, 2.05) is 6.92 Å². The third-order valence-corrected chi connectivity index (χ3v) is 4.96. The van der Waals surface area contributed by atoms with Crippen molar-refractivity contribution in [1.29, 1.82) is 0 Å². The van der Waals surface area contributed by atoms with Crippen molar-refractivity contribution in [1.82, 2.24) is 5.32 Å². The van der Waals surface area contributed by atoms with Gasteiger partial charge in [0.25, 0.3) is 0 Å². The van der Waals surface area contributed by atoms with E-state index in [-0.39, 0.29) is 11.3 Å². The highest BCUT2D eigenvalue weighted by Crippen LogP contribution is 2.05. The van der Waals surface area contributed by atoms with Gasteiger partial charge in [0, 0.05) is 6.54 Å². The number of carbonyl (C=O) groups is 2. The summed E-state index contributed by atoms with van der Waals surface area (Å²) in [5.41, 5.74) is 1.08. The Morgan fingerprint density at radius 2 is 1.78 bits per heavy atom. The fourth-order valence-corrected chi connectivity index (χ4v) is 3.34. The molecule has 0 unspecified atom stereocenters. The lowest BCUT2D eigenvalue weighted by atomic mass is 10.1. The van der Waals surface area contributed by atoms with Crippen LogP contribution in [-0.4, -0.2) is 43.5 Å². The van der Waals surface area contributed by atoms with E-state index < -0.39 is 27.5 Å². The largest absolute Gasteiger partial charge is 0.478 e. The first-order valence-electron chi connectivity index (χ1n) is 7.63. The summed E-state index contributed by atoms with van der Waals surface area (Å²) in [6.45, 7) is 2.30. The number of hydrogen-bond donors (Lipinski definition) is 2. The Morgan fingerprint density at radius 1 is 1.13 bits per heavy atom. The van der Waals surface area contributed by atoms with Crippen LogP contribution >= 0.6 is 0 Å². The maximum atomic E-state index is 11.7. The number of benzene rings is 1. The van der Waals surface area contributed by atoms with Gasteiger partial charge < -0.3 is 10.4 Å². The molecule has 1 aromatic rings. The predicted molar refractivity (Wildman–Crippen MR) is 88.3 cm³/mol. The Bertz CT molecular complexity index is 622. The third-order valence-electron chi connectivity index (χ3n) is 3.35. The van der Waals surface area contributed by atoms with Crippen LogP contribution in [0.15, 0.2) is 24.3 Å². The van der Waals surface area contributed by atoms with Crippen molar-refractivity contribution >= 4 is 21.7 Å². The maximum absolute atomic E-state index is 11.7. The van der Waals surface area contributed by atoms with Gasteiger partial charge in [-0.15, -0.1) is 0 Å². The van der Waals surface area contributed by atoms with Crippen molar-refractivity contribution < 1.29 is 23.1 Å². The average molecular weight is 341 g/mol. The highest BCUT2D eigenvalue weighted by Gasteiger charge is 2.15. The highest BCUT2D eigenvalue weighted by atomic mass is 32.2. The minimum absolute atomic E-state index is 0.0465. The number of unbranched alkanes of at least 4 members (excludes halogenated alkanes) is 2. The topological polar surface area (TPSA) is 101 Å². The average Bonchev–Trinajstić information content (AvgIpc) is 2.47. The first-order valence-corrected chi connectivity index (χ1v) is 9.45. The molecule has 1 amide bonds. The molecule has 0 bridgehead atoms. The number of amides is 1. The molecule has 0 aliphatic carbocycles. The minimum atomic E-state index is -3.34. The number of carbonyl (C=O) groups excluding carboxylic acids is 1. The van der Waals surface area contributed by atoms with E-state index in [0.717, 1.165) is 18.4 Å². The molecule has 0 fully saturated rings. The summed E-state index contributed by atoms with van der Waals surface area (Å²) in [5.74, 6) is -1.92. The molecule has 128 valence electrons. The van der Waals surface area contributed by atoms with Gasteiger partial charge >= 0.3 is 5.97 Å². The first kappa shape index (κ1) is 19.2. The zero-order valence-electron chi connectivity index (χ0n) is 13.2. The fourth-order valence-electron chi connectivity index (χ4n) is 2.06. The van der Waals surface area contributed by atoms with E-state index in [4.69, 9.17) is 5.11 Å². The smallest absolute Gasteiger partial charge is 0.335 e. The Kier molecular flexibility index (Phi) is 7.74. The summed E-state index contributed by atoms with van der Waals surface area (Å²) in [5, 5.41) is 11.4. The van der Waals surface area contributed by atoms with Crippen LogP contribution in [0.3, 0.4) is 0 Å². The SMILES string of the molecule is CCCCCS(=O)(=O)CC(=O)NCCc1ccc(C(=O)O)cc1. The van der Waals surface area contributed by atoms with Crippen LogP contribution in [0.1, 0.15) is 42.1 Å². The Balaban J connectivity index is 2.34. The van der Waals surface area contributed by atoms with E-state index in [0.29, 0.717) is 19.4 Å². The number of hydrogen-bond acceptors (Lipinski definition) is 4. The highest BCUT2D eigenvalue weighted by molar-refractivity contribution is 7.92. The van der Waals surface area contributed by atoms with E-state index >= 15 is 0 Å². The lowest BCUT2D eigenvalue weighted by Gasteiger charge is -2.07. The summed E-state index contributed by atoms with van der Waals surface area (Å²) in [6, 6.07) is 6.35. The van der Waals surface area contributed by atoms with Gasteiger partial charge in [-0.25, -0.2) is 13.2 Å². The van der Waals surface area contributed by atoms with E-state index in [9.17, 15) is 18.0 Å². The molecule has 0 heterocycles. The monoisotopic (exact) mass is 341 g/mol. The number of nitrogens with one attached hydrogen (secondary N) is 1. The third kappa shape index (κ3) is 7.78. The number of rotatable bonds is 10. The molecule has 0 saturated heterocycles. The Hall–Kier alpha value is -1.89. The van der Waals surface area contributed by atoms with E-state index in [2.05, 4.69) is 5.32 Å². The molecular weight excluding hydrogens is 318 g/mol. The summed E-state index contributed by atoms with van der Waals surface area (Å²) < 4.78 is 23.5. The zero-order valence-corrected chi connectivity index (χ0v) is 14.1. The molecule has 23 heavy (non-hydrogen) atoms. The predicted octanol–water partition coefficient (Wildman–Crippen LogP) is 1.65. The number of aromatic carboxylic acids is 1. The van der Waals surface area contributed by atoms with Gasteiger partial charge in [0.2, 0.25) is 5.91 Å². The van der Waals surface area contributed by atoms with Gasteiger partial charge in [-0.05, 0) is 30.5 Å². The minimum Gasteiger partial charge on any atom is -0.478 e. The van der Waals surface area contributed by atoms with Crippen LogP contribution in [0.25, 0.3) is 0 Å². The van der Waals surface area contributed by atoms with Crippen LogP contribution in [0.4, 0.5) is 0 Å². The van der Waals surface area contributed by atoms with Crippen molar-refractivity contribution in [2.45, 2.75) is 32.6 Å². The first-order chi connectivity index (χ1) is 10.8. The molecule has 0 aliphatic heterocycles. The molecule has 7 heteroatoms. The van der Waals surface area contributed by atoms with Crippen LogP contribution in [-0.2, 0) is 21.1 Å². The number of carboxylic acid groups (broad SMARTS) is 1. The summed E-state index contributed by atoms with van der Waals surface area (Å²) in [7, 11) is -3.34. The van der Waals surface area contributed by atoms with Gasteiger partial charge in [-0.1, -0.05) is 31.9 Å². The molecule has 0 aliphatic rings. The van der Waals surface area contributed by atoms with Gasteiger partial charge in [0.1, 0.15) is 5.75 Å². The van der Waals surface area contributed by atoms with E-state index in [1.165, 1.54) is 12.1 Å². The van der Waals surface area contributed by atoms with E-state index in [1.54, 1.807) is 12.1 Å². The second-order valence-electron chi connectivity index (χ2n) is 5.40. The van der Waals surface area contributed by atoms with Gasteiger partial charge in [-0.3, -0.25) is 4.79 Å². The molecule has 0 saturated carbocycles. The van der Waals surface area contributed by atoms with Crippen LogP contribution in [0.2, 0.25) is 0 Å². The molecule has 2 N–H and O–H groups in total. The second kappa shape index (κ2) is 9.29. The molecule has 0 spiro atoms. The van der Waals surface area contributed by atoms with Crippen LogP contribution in [0.5, 0.6) is 0 Å². The normalized spacial score (nSPS) is 11.2. The molecule has 0 atom stereocenters. The molecule has 0 radical (unpaired) electrons. The van der Waals surface area contributed by atoms with Crippen molar-refractivity contribution in [3.63, 3.8) is 0 Å². The lowest BCUT2D eigenvalue weighted by Crippen LogP contribution is -2.32. The van der Waals surface area contributed by atoms with Gasteiger partial charge in [0.15, 0.2) is 9.84 Å². The molecule has 1 rings (SSSR count). The van der Waals surface area contributed by atoms with Crippen molar-refractivity contribution in [2.24, 2.45) is 0 Å². The summed E-state index contributed by atoms with van der Waals surface area (Å²) >= 11 is 0. The standard InChI is InChI=1S/C16H23NO5S/c1-2-3-4-11-23(21,22)12-15(18)17-10-9-13-5-7-14(8-6-13)16(19)20/h5-8H,2-4,9-12H2,1H3,(H,17,18)(H,19,20). The number of carboxylic acids is 1. The fraction of sp³-hybridized carbons (Fsp3) is 0.500. The zero-order chi connectivity index (χ0) is 17.3. The van der Waals surface area contributed by atoms with Gasteiger partial charge in [-0.2, -0.15) is 0 Å². The van der Waals surface area contributed by atoms with Crippen molar-refractivity contribution in [3.8, 4) is 0 Å². The van der Waals surface area contributed by atoms with Gasteiger partial charge in [0.05, 0.1) is 11.3 Å².